The van der Waals surface area contributed by atoms with E-state index in [2.05, 4.69) is 5.32 Å². The number of hydrogen-bond donors (Lipinski definition) is 1. The van der Waals surface area contributed by atoms with Crippen LogP contribution in [0.3, 0.4) is 0 Å². The summed E-state index contributed by atoms with van der Waals surface area (Å²) in [6.07, 6.45) is -0.804. The molecule has 0 saturated carbocycles. The molecule has 4 nitrogen and oxygen atoms in total. The maximum Gasteiger partial charge on any atom is 0.265 e. The number of ether oxygens (including phenoxy) is 2. The number of rotatable bonds is 6. The number of benzene rings is 3. The Hall–Kier alpha value is -3.34. The summed E-state index contributed by atoms with van der Waals surface area (Å²) in [5.41, 5.74) is 0.120. The molecule has 1 amide bonds. The van der Waals surface area contributed by atoms with Crippen molar-refractivity contribution in [3.05, 3.63) is 84.7 Å². The Kier molecular flexibility index (Phi) is 5.49. The summed E-state index contributed by atoms with van der Waals surface area (Å²) >= 11 is 0. The van der Waals surface area contributed by atoms with Crippen LogP contribution in [-0.4, -0.2) is 12.0 Å². The zero-order valence-electron chi connectivity index (χ0n) is 14.2. The third kappa shape index (κ3) is 4.60. The second-order valence-corrected chi connectivity index (χ2v) is 5.62. The van der Waals surface area contributed by atoms with Crippen LogP contribution in [0.4, 0.5) is 10.1 Å². The van der Waals surface area contributed by atoms with Gasteiger partial charge in [-0.2, -0.15) is 0 Å². The Balaban J connectivity index is 1.63. The Morgan fingerprint density at radius 1 is 0.885 bits per heavy atom. The highest BCUT2D eigenvalue weighted by molar-refractivity contribution is 5.94. The molecule has 5 heteroatoms. The van der Waals surface area contributed by atoms with E-state index in [1.54, 1.807) is 43.3 Å². The van der Waals surface area contributed by atoms with E-state index in [9.17, 15) is 9.18 Å². The van der Waals surface area contributed by atoms with Gasteiger partial charge in [0.1, 0.15) is 23.1 Å². The van der Waals surface area contributed by atoms with E-state index in [0.29, 0.717) is 17.2 Å². The molecule has 0 saturated heterocycles. The largest absolute Gasteiger partial charge is 0.481 e. The lowest BCUT2D eigenvalue weighted by Gasteiger charge is -2.15. The van der Waals surface area contributed by atoms with Gasteiger partial charge >= 0.3 is 0 Å². The molecule has 3 rings (SSSR count). The Labute approximate surface area is 151 Å². The minimum absolute atomic E-state index is 0.120. The van der Waals surface area contributed by atoms with Crippen molar-refractivity contribution in [1.82, 2.24) is 0 Å². The van der Waals surface area contributed by atoms with Crippen LogP contribution in [-0.2, 0) is 4.79 Å². The van der Waals surface area contributed by atoms with Gasteiger partial charge in [-0.1, -0.05) is 36.4 Å². The Bertz CT molecular complexity index is 883. The smallest absolute Gasteiger partial charge is 0.265 e. The number of hydrogen-bond acceptors (Lipinski definition) is 3. The standard InChI is InChI=1S/C21H18FNO3/c1-15(21(24)23-20-13-6-5-12-19(20)22)25-17-10-7-11-18(14-17)26-16-8-3-2-4-9-16/h2-15H,1H3,(H,23,24)/t15-/m0/s1. The van der Waals surface area contributed by atoms with Crippen molar-refractivity contribution in [3.8, 4) is 17.2 Å². The first kappa shape index (κ1) is 17.5. The lowest BCUT2D eigenvalue weighted by Crippen LogP contribution is -2.30. The number of carbonyl (C=O) groups excluding carboxylic acids is 1. The fourth-order valence-electron chi connectivity index (χ4n) is 2.29. The molecule has 132 valence electrons. The number of halogens is 1. The number of carbonyl (C=O) groups is 1. The van der Waals surface area contributed by atoms with Gasteiger partial charge in [0, 0.05) is 6.07 Å². The fourth-order valence-corrected chi connectivity index (χ4v) is 2.29. The van der Waals surface area contributed by atoms with Crippen LogP contribution in [0.15, 0.2) is 78.9 Å². The third-order valence-corrected chi connectivity index (χ3v) is 3.60. The van der Waals surface area contributed by atoms with Gasteiger partial charge in [0.15, 0.2) is 6.10 Å². The predicted molar refractivity (Wildman–Crippen MR) is 98.1 cm³/mol. The van der Waals surface area contributed by atoms with Crippen molar-refractivity contribution < 1.29 is 18.7 Å². The lowest BCUT2D eigenvalue weighted by atomic mass is 10.2. The highest BCUT2D eigenvalue weighted by Gasteiger charge is 2.16. The topological polar surface area (TPSA) is 47.6 Å². The van der Waals surface area contributed by atoms with Gasteiger partial charge in [-0.3, -0.25) is 4.79 Å². The molecule has 0 aromatic heterocycles. The summed E-state index contributed by atoms with van der Waals surface area (Å²) in [5.74, 6) is 0.843. The van der Waals surface area contributed by atoms with Crippen molar-refractivity contribution in [2.75, 3.05) is 5.32 Å². The fraction of sp³-hybridized carbons (Fsp3) is 0.0952. The van der Waals surface area contributed by atoms with Gasteiger partial charge in [-0.15, -0.1) is 0 Å². The van der Waals surface area contributed by atoms with Gasteiger partial charge in [0.05, 0.1) is 5.69 Å². The lowest BCUT2D eigenvalue weighted by molar-refractivity contribution is -0.122. The highest BCUT2D eigenvalue weighted by atomic mass is 19.1. The zero-order valence-corrected chi connectivity index (χ0v) is 14.2. The van der Waals surface area contributed by atoms with Gasteiger partial charge in [0.25, 0.3) is 5.91 Å². The molecule has 1 atom stereocenters. The maximum atomic E-state index is 13.6. The summed E-state index contributed by atoms with van der Waals surface area (Å²) < 4.78 is 25.0. The van der Waals surface area contributed by atoms with Crippen LogP contribution in [0.5, 0.6) is 17.2 Å². The quantitative estimate of drug-likeness (QED) is 0.678. The van der Waals surface area contributed by atoms with E-state index < -0.39 is 17.8 Å². The molecule has 3 aromatic rings. The molecule has 0 unspecified atom stereocenters. The molecule has 0 aliphatic carbocycles. The minimum atomic E-state index is -0.804. The van der Waals surface area contributed by atoms with Crippen LogP contribution in [0.1, 0.15) is 6.92 Å². The Morgan fingerprint density at radius 2 is 1.54 bits per heavy atom. The van der Waals surface area contributed by atoms with Gasteiger partial charge in [0.2, 0.25) is 0 Å². The van der Waals surface area contributed by atoms with Gasteiger partial charge in [-0.25, -0.2) is 4.39 Å². The maximum absolute atomic E-state index is 13.6. The SMILES string of the molecule is C[C@H](Oc1cccc(Oc2ccccc2)c1)C(=O)Nc1ccccc1F. The van der Waals surface area contributed by atoms with E-state index in [1.165, 1.54) is 12.1 Å². The number of nitrogens with one attached hydrogen (secondary N) is 1. The van der Waals surface area contributed by atoms with Crippen LogP contribution in [0.25, 0.3) is 0 Å². The van der Waals surface area contributed by atoms with Gasteiger partial charge < -0.3 is 14.8 Å². The third-order valence-electron chi connectivity index (χ3n) is 3.60. The first-order valence-electron chi connectivity index (χ1n) is 8.17. The highest BCUT2D eigenvalue weighted by Crippen LogP contribution is 2.25. The molecule has 0 aliphatic rings. The van der Waals surface area contributed by atoms with Crippen molar-refractivity contribution >= 4 is 11.6 Å². The molecular weight excluding hydrogens is 333 g/mol. The molecule has 3 aromatic carbocycles. The van der Waals surface area contributed by atoms with E-state index in [1.807, 2.05) is 30.3 Å². The first-order valence-corrected chi connectivity index (χ1v) is 8.17. The van der Waals surface area contributed by atoms with Crippen LogP contribution in [0, 0.1) is 5.82 Å². The van der Waals surface area contributed by atoms with Crippen molar-refractivity contribution in [2.45, 2.75) is 13.0 Å². The number of amides is 1. The number of para-hydroxylation sites is 2. The summed E-state index contributed by atoms with van der Waals surface area (Å²) in [4.78, 5) is 12.2. The first-order chi connectivity index (χ1) is 12.6. The molecule has 0 bridgehead atoms. The zero-order chi connectivity index (χ0) is 18.4. The molecule has 0 radical (unpaired) electrons. The minimum Gasteiger partial charge on any atom is -0.481 e. The van der Waals surface area contributed by atoms with Crippen LogP contribution in [0.2, 0.25) is 0 Å². The van der Waals surface area contributed by atoms with E-state index in [4.69, 9.17) is 9.47 Å². The van der Waals surface area contributed by atoms with Crippen molar-refractivity contribution in [1.29, 1.82) is 0 Å². The van der Waals surface area contributed by atoms with E-state index in [0.717, 1.165) is 0 Å². The monoisotopic (exact) mass is 351 g/mol. The molecule has 0 fully saturated rings. The summed E-state index contributed by atoms with van der Waals surface area (Å²) in [7, 11) is 0. The average Bonchev–Trinajstić information content (AvgIpc) is 2.64. The summed E-state index contributed by atoms with van der Waals surface area (Å²) in [5, 5.41) is 2.51. The molecule has 0 aliphatic heterocycles. The van der Waals surface area contributed by atoms with Crippen LogP contribution < -0.4 is 14.8 Å². The second kappa shape index (κ2) is 8.16. The Morgan fingerprint density at radius 3 is 2.31 bits per heavy atom. The van der Waals surface area contributed by atoms with E-state index in [-0.39, 0.29) is 5.69 Å². The van der Waals surface area contributed by atoms with Crippen molar-refractivity contribution in [2.24, 2.45) is 0 Å². The predicted octanol–water partition coefficient (Wildman–Crippen LogP) is 5.02. The second-order valence-electron chi connectivity index (χ2n) is 5.62. The molecule has 1 N–H and O–H groups in total. The van der Waals surface area contributed by atoms with E-state index >= 15 is 0 Å². The summed E-state index contributed by atoms with van der Waals surface area (Å²) in [6.45, 7) is 1.60. The van der Waals surface area contributed by atoms with Crippen molar-refractivity contribution in [3.63, 3.8) is 0 Å². The molecule has 26 heavy (non-hydrogen) atoms. The summed E-state index contributed by atoms with van der Waals surface area (Å²) in [6, 6.07) is 22.3. The molecular formula is C21H18FNO3. The average molecular weight is 351 g/mol. The van der Waals surface area contributed by atoms with Crippen LogP contribution >= 0.6 is 0 Å². The molecule has 0 spiro atoms. The number of anilines is 1. The van der Waals surface area contributed by atoms with Gasteiger partial charge in [-0.05, 0) is 43.3 Å². The molecule has 0 heterocycles. The normalized spacial score (nSPS) is 11.5.